The zero-order chi connectivity index (χ0) is 7.68. The molecule has 2 aromatic heterocycles. The van der Waals surface area contributed by atoms with Gasteiger partial charge in [-0.15, -0.1) is 0 Å². The van der Waals surface area contributed by atoms with Crippen molar-refractivity contribution in [3.05, 3.63) is 12.5 Å². The molecule has 2 rings (SSSR count). The fourth-order valence-electron chi connectivity index (χ4n) is 0.792. The van der Waals surface area contributed by atoms with Crippen molar-refractivity contribution in [3.63, 3.8) is 0 Å². The molecule has 0 aliphatic rings. The van der Waals surface area contributed by atoms with E-state index in [0.29, 0.717) is 11.8 Å². The van der Waals surface area contributed by atoms with Gasteiger partial charge in [0.05, 0.1) is 6.20 Å². The minimum absolute atomic E-state index is 0.372. The standard InChI is InChI=1S/C5H6N6/c6-5-7-1-3(10-5)4-8-2-9-11-4/h1-2H,(H3,6,7,10)(H,8,9,11). The Labute approximate surface area is 61.9 Å². The highest BCUT2D eigenvalue weighted by molar-refractivity contribution is 5.49. The molecule has 0 unspecified atom stereocenters. The molecule has 0 aliphatic carbocycles. The van der Waals surface area contributed by atoms with Gasteiger partial charge < -0.3 is 10.7 Å². The molecule has 0 aromatic carbocycles. The van der Waals surface area contributed by atoms with Crippen LogP contribution < -0.4 is 5.73 Å². The topological polar surface area (TPSA) is 96.3 Å². The minimum atomic E-state index is 0.372. The van der Waals surface area contributed by atoms with Gasteiger partial charge in [0.2, 0.25) is 0 Å². The summed E-state index contributed by atoms with van der Waals surface area (Å²) < 4.78 is 0. The number of imidazole rings is 1. The highest BCUT2D eigenvalue weighted by Gasteiger charge is 2.01. The number of nitrogens with zero attached hydrogens (tertiary/aromatic N) is 3. The third-order valence-electron chi connectivity index (χ3n) is 1.27. The van der Waals surface area contributed by atoms with E-state index >= 15 is 0 Å². The van der Waals surface area contributed by atoms with Crippen LogP contribution in [0.4, 0.5) is 5.95 Å². The van der Waals surface area contributed by atoms with Gasteiger partial charge in [-0.25, -0.2) is 9.97 Å². The molecule has 6 nitrogen and oxygen atoms in total. The summed E-state index contributed by atoms with van der Waals surface area (Å²) in [5, 5.41) is 6.36. The van der Waals surface area contributed by atoms with Crippen molar-refractivity contribution >= 4 is 5.95 Å². The van der Waals surface area contributed by atoms with Crippen LogP contribution in [0.15, 0.2) is 12.5 Å². The Bertz CT molecular complexity index is 333. The van der Waals surface area contributed by atoms with E-state index in [4.69, 9.17) is 5.73 Å². The fourth-order valence-corrected chi connectivity index (χ4v) is 0.792. The molecular weight excluding hydrogens is 144 g/mol. The summed E-state index contributed by atoms with van der Waals surface area (Å²) in [4.78, 5) is 10.5. The van der Waals surface area contributed by atoms with E-state index in [9.17, 15) is 0 Å². The number of rotatable bonds is 1. The van der Waals surface area contributed by atoms with Crippen LogP contribution in [0.3, 0.4) is 0 Å². The smallest absolute Gasteiger partial charge is 0.197 e. The quantitative estimate of drug-likeness (QED) is 0.523. The van der Waals surface area contributed by atoms with Gasteiger partial charge >= 0.3 is 0 Å². The average molecular weight is 150 g/mol. The van der Waals surface area contributed by atoms with Gasteiger partial charge in [-0.05, 0) is 0 Å². The van der Waals surface area contributed by atoms with Crippen LogP contribution >= 0.6 is 0 Å². The first-order valence-corrected chi connectivity index (χ1v) is 3.02. The molecule has 0 bridgehead atoms. The third-order valence-corrected chi connectivity index (χ3v) is 1.27. The van der Waals surface area contributed by atoms with Crippen LogP contribution in [0.1, 0.15) is 0 Å². The summed E-state index contributed by atoms with van der Waals surface area (Å²) in [5.74, 6) is 1.01. The van der Waals surface area contributed by atoms with Gasteiger partial charge in [0.25, 0.3) is 0 Å². The maximum atomic E-state index is 5.36. The van der Waals surface area contributed by atoms with Crippen LogP contribution in [0, 0.1) is 0 Å². The van der Waals surface area contributed by atoms with E-state index in [-0.39, 0.29) is 0 Å². The van der Waals surface area contributed by atoms with Gasteiger partial charge in [-0.3, -0.25) is 5.10 Å². The van der Waals surface area contributed by atoms with Gasteiger partial charge in [0, 0.05) is 0 Å². The lowest BCUT2D eigenvalue weighted by molar-refractivity contribution is 1.09. The van der Waals surface area contributed by atoms with Crippen molar-refractivity contribution < 1.29 is 0 Å². The number of nitrogens with one attached hydrogen (secondary N) is 2. The number of anilines is 1. The van der Waals surface area contributed by atoms with E-state index in [1.165, 1.54) is 6.33 Å². The number of hydrogen-bond acceptors (Lipinski definition) is 4. The van der Waals surface area contributed by atoms with Gasteiger partial charge in [-0.1, -0.05) is 0 Å². The number of hydrogen-bond donors (Lipinski definition) is 3. The molecule has 0 amide bonds. The normalized spacial score (nSPS) is 10.2. The Hall–Kier alpha value is -1.85. The predicted octanol–water partition coefficient (Wildman–Crippen LogP) is -0.223. The van der Waals surface area contributed by atoms with E-state index in [2.05, 4.69) is 25.1 Å². The van der Waals surface area contributed by atoms with Crippen LogP contribution in [0.5, 0.6) is 0 Å². The highest BCUT2D eigenvalue weighted by Crippen LogP contribution is 2.09. The van der Waals surface area contributed by atoms with Crippen molar-refractivity contribution in [1.29, 1.82) is 0 Å². The van der Waals surface area contributed by atoms with Crippen molar-refractivity contribution in [2.75, 3.05) is 5.73 Å². The molecule has 2 aromatic rings. The van der Waals surface area contributed by atoms with Crippen LogP contribution in [-0.4, -0.2) is 25.1 Å². The first kappa shape index (κ1) is 5.90. The average Bonchev–Trinajstić information content (AvgIpc) is 2.55. The molecular formula is C5H6N6. The third kappa shape index (κ3) is 0.936. The maximum absolute atomic E-state index is 5.36. The summed E-state index contributed by atoms with van der Waals surface area (Å²) in [6.07, 6.45) is 3.02. The summed E-state index contributed by atoms with van der Waals surface area (Å²) in [6, 6.07) is 0. The summed E-state index contributed by atoms with van der Waals surface area (Å²) in [7, 11) is 0. The molecule has 0 saturated carbocycles. The van der Waals surface area contributed by atoms with Crippen LogP contribution in [-0.2, 0) is 0 Å². The molecule has 4 N–H and O–H groups in total. The number of aromatic nitrogens is 5. The second kappa shape index (κ2) is 2.08. The maximum Gasteiger partial charge on any atom is 0.197 e. The van der Waals surface area contributed by atoms with Gasteiger partial charge in [-0.2, -0.15) is 5.10 Å². The minimum Gasteiger partial charge on any atom is -0.369 e. The molecule has 0 saturated heterocycles. The van der Waals surface area contributed by atoms with Gasteiger partial charge in [0.1, 0.15) is 12.0 Å². The molecule has 0 atom stereocenters. The lowest BCUT2D eigenvalue weighted by Gasteiger charge is -1.85. The van der Waals surface area contributed by atoms with Crippen molar-refractivity contribution in [2.24, 2.45) is 0 Å². The Morgan fingerprint density at radius 1 is 1.36 bits per heavy atom. The SMILES string of the molecule is Nc1ncc(-c2ncn[nH]2)[nH]1. The van der Waals surface area contributed by atoms with Crippen LogP contribution in [0.2, 0.25) is 0 Å². The van der Waals surface area contributed by atoms with E-state index in [1.54, 1.807) is 6.20 Å². The molecule has 0 spiro atoms. The zero-order valence-corrected chi connectivity index (χ0v) is 5.57. The Morgan fingerprint density at radius 3 is 2.82 bits per heavy atom. The number of aromatic amines is 2. The second-order valence-corrected chi connectivity index (χ2v) is 2.02. The predicted molar refractivity (Wildman–Crippen MR) is 38.4 cm³/mol. The number of nitrogen functional groups attached to an aromatic ring is 1. The summed E-state index contributed by atoms with van der Waals surface area (Å²) >= 11 is 0. The van der Waals surface area contributed by atoms with E-state index in [1.807, 2.05) is 0 Å². The first-order valence-electron chi connectivity index (χ1n) is 3.02. The molecule has 0 radical (unpaired) electrons. The molecule has 11 heavy (non-hydrogen) atoms. The monoisotopic (exact) mass is 150 g/mol. The van der Waals surface area contributed by atoms with E-state index in [0.717, 1.165) is 5.69 Å². The Balaban J connectivity index is 2.45. The first-order chi connectivity index (χ1) is 5.36. The zero-order valence-electron chi connectivity index (χ0n) is 5.57. The Kier molecular flexibility index (Phi) is 1.12. The molecule has 6 heteroatoms. The molecule has 0 fully saturated rings. The highest BCUT2D eigenvalue weighted by atomic mass is 15.2. The number of H-pyrrole nitrogens is 2. The van der Waals surface area contributed by atoms with E-state index < -0.39 is 0 Å². The number of nitrogens with two attached hydrogens (primary N) is 1. The van der Waals surface area contributed by atoms with Crippen molar-refractivity contribution in [3.8, 4) is 11.5 Å². The van der Waals surface area contributed by atoms with Crippen LogP contribution in [0.25, 0.3) is 11.5 Å². The Morgan fingerprint density at radius 2 is 2.27 bits per heavy atom. The summed E-state index contributed by atoms with van der Waals surface area (Å²) in [6.45, 7) is 0. The lowest BCUT2D eigenvalue weighted by Crippen LogP contribution is -1.86. The second-order valence-electron chi connectivity index (χ2n) is 2.02. The van der Waals surface area contributed by atoms with Crippen molar-refractivity contribution in [1.82, 2.24) is 25.1 Å². The van der Waals surface area contributed by atoms with Gasteiger partial charge in [0.15, 0.2) is 11.8 Å². The van der Waals surface area contributed by atoms with Crippen molar-refractivity contribution in [2.45, 2.75) is 0 Å². The largest absolute Gasteiger partial charge is 0.369 e. The molecule has 0 aliphatic heterocycles. The lowest BCUT2D eigenvalue weighted by atomic mass is 10.5. The fraction of sp³-hybridized carbons (Fsp3) is 0. The molecule has 2 heterocycles. The summed E-state index contributed by atoms with van der Waals surface area (Å²) in [5.41, 5.74) is 6.09. The molecule has 56 valence electrons.